The molecule has 0 saturated carbocycles. The number of aryl methyl sites for hydroxylation is 1. The molecule has 0 aliphatic rings. The second-order valence-corrected chi connectivity index (χ2v) is 5.70. The Morgan fingerprint density at radius 3 is 2.57 bits per heavy atom. The summed E-state index contributed by atoms with van der Waals surface area (Å²) in [6, 6.07) is 0.00749. The number of nitrogens with two attached hydrogens (primary N) is 1. The van der Waals surface area contributed by atoms with E-state index in [0.29, 0.717) is 6.42 Å². The molecule has 0 spiro atoms. The fraction of sp³-hybridized carbons (Fsp3) is 0.714. The number of unbranched alkanes of at least 4 members (excludes halogenated alkanes) is 3. The van der Waals surface area contributed by atoms with Crippen molar-refractivity contribution in [2.24, 2.45) is 5.73 Å². The Morgan fingerprint density at radius 2 is 2.00 bits per heavy atom. The second kappa shape index (κ2) is 13.3. The van der Waals surface area contributed by atoms with Crippen LogP contribution >= 0.6 is 36.2 Å². The van der Waals surface area contributed by atoms with Gasteiger partial charge in [-0.2, -0.15) is 0 Å². The van der Waals surface area contributed by atoms with Crippen molar-refractivity contribution in [2.75, 3.05) is 6.54 Å². The third-order valence-electron chi connectivity index (χ3n) is 3.05. The molecule has 1 heterocycles. The lowest BCUT2D eigenvalue weighted by Crippen LogP contribution is -2.26. The predicted octanol–water partition coefficient (Wildman–Crippen LogP) is 3.64. The number of hydrogen-bond donors (Lipinski definition) is 2. The number of carbonyl (C=O) groups is 1. The molecule has 124 valence electrons. The second-order valence-electron chi connectivity index (χ2n) is 4.76. The topological polar surface area (TPSA) is 68.0 Å². The third kappa shape index (κ3) is 9.30. The minimum Gasteiger partial charge on any atom is -0.348 e. The van der Waals surface area contributed by atoms with E-state index in [1.54, 1.807) is 11.3 Å². The molecule has 1 unspecified atom stereocenters. The molecular formula is C14H27Cl2N3OS. The van der Waals surface area contributed by atoms with Crippen LogP contribution in [0.2, 0.25) is 0 Å². The molecule has 0 aromatic carbocycles. The smallest absolute Gasteiger partial charge is 0.220 e. The summed E-state index contributed by atoms with van der Waals surface area (Å²) in [6.45, 7) is 4.82. The lowest BCUT2D eigenvalue weighted by atomic mass is 10.1. The largest absolute Gasteiger partial charge is 0.348 e. The van der Waals surface area contributed by atoms with Crippen LogP contribution in [0, 0.1) is 0 Å². The molecule has 0 radical (unpaired) electrons. The van der Waals surface area contributed by atoms with E-state index in [4.69, 9.17) is 5.73 Å². The quantitative estimate of drug-likeness (QED) is 0.664. The number of halogens is 2. The summed E-state index contributed by atoms with van der Waals surface area (Å²) in [4.78, 5) is 16.3. The van der Waals surface area contributed by atoms with E-state index >= 15 is 0 Å². The molecule has 1 aromatic rings. The minimum absolute atomic E-state index is 0. The Hall–Kier alpha value is -0.360. The van der Waals surface area contributed by atoms with Gasteiger partial charge in [0.25, 0.3) is 0 Å². The van der Waals surface area contributed by atoms with E-state index < -0.39 is 0 Å². The summed E-state index contributed by atoms with van der Waals surface area (Å²) in [5, 5.41) is 6.16. The van der Waals surface area contributed by atoms with Gasteiger partial charge in [0.2, 0.25) is 5.91 Å². The van der Waals surface area contributed by atoms with Gasteiger partial charge in [-0.05, 0) is 32.7 Å². The first-order chi connectivity index (χ1) is 9.17. The van der Waals surface area contributed by atoms with Gasteiger partial charge in [0.1, 0.15) is 0 Å². The summed E-state index contributed by atoms with van der Waals surface area (Å²) in [6.07, 6.45) is 5.74. The van der Waals surface area contributed by atoms with Crippen LogP contribution in [0.25, 0.3) is 0 Å². The molecular weight excluding hydrogens is 329 g/mol. The molecule has 1 rings (SSSR count). The maximum Gasteiger partial charge on any atom is 0.220 e. The summed E-state index contributed by atoms with van der Waals surface area (Å²) >= 11 is 1.66. The Balaban J connectivity index is 0. The van der Waals surface area contributed by atoms with Crippen LogP contribution in [-0.2, 0) is 11.2 Å². The van der Waals surface area contributed by atoms with Crippen LogP contribution in [0.1, 0.15) is 62.7 Å². The number of nitrogens with zero attached hydrogens (tertiary/aromatic N) is 1. The number of hydrogen-bond acceptors (Lipinski definition) is 4. The molecule has 1 amide bonds. The molecule has 0 saturated heterocycles. The first kappa shape index (κ1) is 22.9. The van der Waals surface area contributed by atoms with Crippen LogP contribution in [-0.4, -0.2) is 17.4 Å². The van der Waals surface area contributed by atoms with E-state index in [0.717, 1.165) is 49.4 Å². The molecule has 1 atom stereocenters. The predicted molar refractivity (Wildman–Crippen MR) is 94.7 cm³/mol. The fourth-order valence-electron chi connectivity index (χ4n) is 1.86. The number of thiazole rings is 1. The summed E-state index contributed by atoms with van der Waals surface area (Å²) in [5.41, 5.74) is 6.40. The monoisotopic (exact) mass is 355 g/mol. The zero-order valence-corrected chi connectivity index (χ0v) is 15.2. The van der Waals surface area contributed by atoms with Crippen LogP contribution < -0.4 is 11.1 Å². The number of aromatic nitrogens is 1. The van der Waals surface area contributed by atoms with Gasteiger partial charge in [0.05, 0.1) is 16.7 Å². The van der Waals surface area contributed by atoms with Crippen LogP contribution in [0.5, 0.6) is 0 Å². The van der Waals surface area contributed by atoms with E-state index in [2.05, 4.69) is 17.2 Å². The minimum atomic E-state index is 0. The highest BCUT2D eigenvalue weighted by atomic mass is 35.5. The SMILES string of the molecule is CCc1nc(C(C)NC(=O)CCCCCCN)cs1.Cl.Cl. The number of nitrogens with one attached hydrogen (secondary N) is 1. The highest BCUT2D eigenvalue weighted by Crippen LogP contribution is 2.17. The molecule has 1 aromatic heterocycles. The Bertz CT molecular complexity index is 388. The Labute approximate surface area is 144 Å². The standard InChI is InChI=1S/C14H25N3OS.2ClH/c1-3-14-17-12(10-19-14)11(2)16-13(18)8-6-4-5-7-9-15;;/h10-11H,3-9,15H2,1-2H3,(H,16,18);2*1H. The van der Waals surface area contributed by atoms with Crippen molar-refractivity contribution in [3.8, 4) is 0 Å². The van der Waals surface area contributed by atoms with Crippen LogP contribution in [0.3, 0.4) is 0 Å². The van der Waals surface area contributed by atoms with Gasteiger partial charge in [-0.1, -0.05) is 19.8 Å². The van der Waals surface area contributed by atoms with E-state index in [9.17, 15) is 4.79 Å². The number of amides is 1. The van der Waals surface area contributed by atoms with Crippen molar-refractivity contribution in [3.05, 3.63) is 16.1 Å². The molecule has 7 heteroatoms. The van der Waals surface area contributed by atoms with E-state index in [-0.39, 0.29) is 36.8 Å². The Kier molecular flexibility index (Phi) is 14.5. The molecule has 21 heavy (non-hydrogen) atoms. The van der Waals surface area contributed by atoms with Gasteiger partial charge in [0, 0.05) is 11.8 Å². The van der Waals surface area contributed by atoms with Crippen molar-refractivity contribution >= 4 is 42.1 Å². The lowest BCUT2D eigenvalue weighted by molar-refractivity contribution is -0.121. The average molecular weight is 356 g/mol. The van der Waals surface area contributed by atoms with Crippen molar-refractivity contribution in [1.82, 2.24) is 10.3 Å². The fourth-order valence-corrected chi connectivity index (χ4v) is 2.70. The zero-order chi connectivity index (χ0) is 14.1. The first-order valence-electron chi connectivity index (χ1n) is 7.11. The molecule has 0 bridgehead atoms. The normalized spacial score (nSPS) is 11.2. The Morgan fingerprint density at radius 1 is 1.33 bits per heavy atom. The van der Waals surface area contributed by atoms with Gasteiger partial charge in [-0.25, -0.2) is 4.98 Å². The van der Waals surface area contributed by atoms with Gasteiger partial charge in [0.15, 0.2) is 0 Å². The third-order valence-corrected chi connectivity index (χ3v) is 4.06. The van der Waals surface area contributed by atoms with Gasteiger partial charge in [-0.3, -0.25) is 4.79 Å². The highest BCUT2D eigenvalue weighted by molar-refractivity contribution is 7.09. The van der Waals surface area contributed by atoms with Crippen molar-refractivity contribution in [2.45, 2.75) is 58.4 Å². The number of carbonyl (C=O) groups excluding carboxylic acids is 1. The molecule has 4 nitrogen and oxygen atoms in total. The van der Waals surface area contributed by atoms with Crippen molar-refractivity contribution in [1.29, 1.82) is 0 Å². The summed E-state index contributed by atoms with van der Waals surface area (Å²) in [5.74, 6) is 0.117. The average Bonchev–Trinajstić information content (AvgIpc) is 2.87. The molecule has 0 aliphatic carbocycles. The maximum absolute atomic E-state index is 11.8. The van der Waals surface area contributed by atoms with Crippen LogP contribution in [0.4, 0.5) is 0 Å². The zero-order valence-electron chi connectivity index (χ0n) is 12.8. The summed E-state index contributed by atoms with van der Waals surface area (Å²) in [7, 11) is 0. The highest BCUT2D eigenvalue weighted by Gasteiger charge is 2.12. The lowest BCUT2D eigenvalue weighted by Gasteiger charge is -2.11. The van der Waals surface area contributed by atoms with Gasteiger partial charge >= 0.3 is 0 Å². The van der Waals surface area contributed by atoms with Gasteiger partial charge < -0.3 is 11.1 Å². The van der Waals surface area contributed by atoms with E-state index in [1.807, 2.05) is 12.3 Å². The number of rotatable bonds is 9. The first-order valence-corrected chi connectivity index (χ1v) is 7.99. The van der Waals surface area contributed by atoms with E-state index in [1.165, 1.54) is 0 Å². The molecule has 0 fully saturated rings. The molecule has 3 N–H and O–H groups in total. The molecule has 0 aliphatic heterocycles. The van der Waals surface area contributed by atoms with Crippen LogP contribution in [0.15, 0.2) is 5.38 Å². The van der Waals surface area contributed by atoms with Gasteiger partial charge in [-0.15, -0.1) is 36.2 Å². The van der Waals surface area contributed by atoms with Crippen molar-refractivity contribution < 1.29 is 4.79 Å². The van der Waals surface area contributed by atoms with Crippen molar-refractivity contribution in [3.63, 3.8) is 0 Å². The summed E-state index contributed by atoms with van der Waals surface area (Å²) < 4.78 is 0. The maximum atomic E-state index is 11.8.